The SMILES string of the molecule is O=C(NCC(c1ccc(Cl)cc1)N1CCCCC1)c1cncs1. The third-order valence-electron chi connectivity index (χ3n) is 4.20. The van der Waals surface area contributed by atoms with Crippen molar-refractivity contribution in [2.24, 2.45) is 0 Å². The second-order valence-corrected chi connectivity index (χ2v) is 7.06. The summed E-state index contributed by atoms with van der Waals surface area (Å²) in [6, 6.07) is 8.13. The zero-order valence-electron chi connectivity index (χ0n) is 12.9. The van der Waals surface area contributed by atoms with E-state index in [1.54, 1.807) is 11.7 Å². The van der Waals surface area contributed by atoms with Crippen LogP contribution in [0.2, 0.25) is 5.02 Å². The van der Waals surface area contributed by atoms with Gasteiger partial charge in [0.1, 0.15) is 4.88 Å². The number of nitrogens with one attached hydrogen (secondary N) is 1. The zero-order chi connectivity index (χ0) is 16.1. The molecule has 4 nitrogen and oxygen atoms in total. The predicted molar refractivity (Wildman–Crippen MR) is 94.1 cm³/mol. The van der Waals surface area contributed by atoms with Crippen LogP contribution in [0.5, 0.6) is 0 Å². The van der Waals surface area contributed by atoms with Crippen molar-refractivity contribution in [3.8, 4) is 0 Å². The van der Waals surface area contributed by atoms with Crippen LogP contribution in [0, 0.1) is 0 Å². The fourth-order valence-electron chi connectivity index (χ4n) is 2.98. The Hall–Kier alpha value is -1.43. The molecule has 23 heavy (non-hydrogen) atoms. The largest absolute Gasteiger partial charge is 0.349 e. The van der Waals surface area contributed by atoms with Crippen LogP contribution in [0.3, 0.4) is 0 Å². The molecule has 0 bridgehead atoms. The molecule has 1 saturated heterocycles. The number of halogens is 1. The van der Waals surface area contributed by atoms with E-state index in [1.165, 1.54) is 36.2 Å². The van der Waals surface area contributed by atoms with E-state index in [-0.39, 0.29) is 11.9 Å². The molecule has 6 heteroatoms. The normalized spacial score (nSPS) is 16.9. The van der Waals surface area contributed by atoms with Gasteiger partial charge < -0.3 is 5.32 Å². The Bertz CT molecular complexity index is 624. The minimum absolute atomic E-state index is 0.0523. The van der Waals surface area contributed by atoms with Crippen LogP contribution in [-0.2, 0) is 0 Å². The number of benzene rings is 1. The number of likely N-dealkylation sites (tertiary alicyclic amines) is 1. The maximum Gasteiger partial charge on any atom is 0.263 e. The van der Waals surface area contributed by atoms with E-state index in [2.05, 4.69) is 27.3 Å². The fourth-order valence-corrected chi connectivity index (χ4v) is 3.64. The summed E-state index contributed by atoms with van der Waals surface area (Å²) < 4.78 is 0. The Kier molecular flexibility index (Phi) is 5.65. The lowest BCUT2D eigenvalue weighted by Crippen LogP contribution is -2.40. The summed E-state index contributed by atoms with van der Waals surface area (Å²) in [5.41, 5.74) is 2.87. The molecule has 1 aromatic carbocycles. The Balaban J connectivity index is 1.72. The van der Waals surface area contributed by atoms with E-state index < -0.39 is 0 Å². The number of aromatic nitrogens is 1. The number of piperidine rings is 1. The van der Waals surface area contributed by atoms with E-state index in [0.717, 1.165) is 18.1 Å². The molecule has 1 atom stereocenters. The Morgan fingerprint density at radius 3 is 2.65 bits per heavy atom. The molecule has 0 spiro atoms. The first-order chi connectivity index (χ1) is 11.2. The zero-order valence-corrected chi connectivity index (χ0v) is 14.4. The second kappa shape index (κ2) is 7.90. The number of carbonyl (C=O) groups excluding carboxylic acids is 1. The summed E-state index contributed by atoms with van der Waals surface area (Å²) in [6.07, 6.45) is 5.33. The van der Waals surface area contributed by atoms with Gasteiger partial charge in [0.05, 0.1) is 17.7 Å². The third-order valence-corrected chi connectivity index (χ3v) is 5.22. The number of amides is 1. The lowest BCUT2D eigenvalue weighted by Gasteiger charge is -2.35. The van der Waals surface area contributed by atoms with Crippen LogP contribution in [0.4, 0.5) is 0 Å². The van der Waals surface area contributed by atoms with Gasteiger partial charge in [-0.3, -0.25) is 14.7 Å². The first kappa shape index (κ1) is 16.4. The average molecular weight is 350 g/mol. The van der Waals surface area contributed by atoms with Gasteiger partial charge in [0, 0.05) is 11.6 Å². The van der Waals surface area contributed by atoms with Crippen molar-refractivity contribution < 1.29 is 4.79 Å². The molecule has 1 amide bonds. The molecule has 0 radical (unpaired) electrons. The van der Waals surface area contributed by atoms with Crippen LogP contribution in [0.1, 0.15) is 40.5 Å². The second-order valence-electron chi connectivity index (χ2n) is 5.74. The molecule has 1 unspecified atom stereocenters. The molecule has 1 aliphatic heterocycles. The number of hydrogen-bond donors (Lipinski definition) is 1. The summed E-state index contributed by atoms with van der Waals surface area (Å²) in [7, 11) is 0. The highest BCUT2D eigenvalue weighted by atomic mass is 35.5. The number of thiazole rings is 1. The highest BCUT2D eigenvalue weighted by molar-refractivity contribution is 7.11. The van der Waals surface area contributed by atoms with Crippen molar-refractivity contribution in [1.29, 1.82) is 0 Å². The number of hydrogen-bond acceptors (Lipinski definition) is 4. The van der Waals surface area contributed by atoms with E-state index >= 15 is 0 Å². The van der Waals surface area contributed by atoms with Crippen molar-refractivity contribution in [3.05, 3.63) is 51.4 Å². The van der Waals surface area contributed by atoms with Gasteiger partial charge in [-0.2, -0.15) is 0 Å². The maximum atomic E-state index is 12.2. The number of nitrogens with zero attached hydrogens (tertiary/aromatic N) is 2. The molecule has 1 N–H and O–H groups in total. The molecule has 2 aromatic rings. The maximum absolute atomic E-state index is 12.2. The fraction of sp³-hybridized carbons (Fsp3) is 0.412. The molecule has 3 rings (SSSR count). The minimum Gasteiger partial charge on any atom is -0.349 e. The van der Waals surface area contributed by atoms with E-state index in [1.807, 2.05) is 12.1 Å². The summed E-state index contributed by atoms with van der Waals surface area (Å²) >= 11 is 7.37. The minimum atomic E-state index is -0.0523. The Morgan fingerprint density at radius 1 is 1.26 bits per heavy atom. The summed E-state index contributed by atoms with van der Waals surface area (Å²) in [5, 5.41) is 3.79. The average Bonchev–Trinajstić information content (AvgIpc) is 3.12. The monoisotopic (exact) mass is 349 g/mol. The van der Waals surface area contributed by atoms with Gasteiger partial charge in [-0.05, 0) is 43.6 Å². The van der Waals surface area contributed by atoms with Crippen molar-refractivity contribution in [2.75, 3.05) is 19.6 Å². The highest BCUT2D eigenvalue weighted by Crippen LogP contribution is 2.25. The highest BCUT2D eigenvalue weighted by Gasteiger charge is 2.23. The van der Waals surface area contributed by atoms with Crippen LogP contribution in [-0.4, -0.2) is 35.4 Å². The van der Waals surface area contributed by atoms with Gasteiger partial charge in [-0.1, -0.05) is 30.2 Å². The predicted octanol–water partition coefficient (Wildman–Crippen LogP) is 3.75. The molecule has 1 fully saturated rings. The quantitative estimate of drug-likeness (QED) is 0.894. The Labute approximate surface area is 145 Å². The number of carbonyl (C=O) groups is 1. The molecule has 0 saturated carbocycles. The van der Waals surface area contributed by atoms with Crippen LogP contribution in [0.15, 0.2) is 36.0 Å². The summed E-state index contributed by atoms with van der Waals surface area (Å²) in [4.78, 5) is 19.3. The van der Waals surface area contributed by atoms with Crippen molar-refractivity contribution >= 4 is 28.8 Å². The first-order valence-electron chi connectivity index (χ1n) is 7.90. The molecule has 2 heterocycles. The molecule has 122 valence electrons. The van der Waals surface area contributed by atoms with Gasteiger partial charge in [0.25, 0.3) is 5.91 Å². The standard InChI is InChI=1S/C17H20ClN3OS/c18-14-6-4-13(5-7-14)15(21-8-2-1-3-9-21)10-20-17(22)16-11-19-12-23-16/h4-7,11-12,15H,1-3,8-10H2,(H,20,22). The van der Waals surface area contributed by atoms with Crippen LogP contribution in [0.25, 0.3) is 0 Å². The van der Waals surface area contributed by atoms with E-state index in [4.69, 9.17) is 11.6 Å². The number of rotatable bonds is 5. The lowest BCUT2D eigenvalue weighted by molar-refractivity contribution is 0.0928. The topological polar surface area (TPSA) is 45.2 Å². The molecule has 1 aromatic heterocycles. The third kappa shape index (κ3) is 4.31. The lowest BCUT2D eigenvalue weighted by atomic mass is 10.0. The van der Waals surface area contributed by atoms with E-state index in [9.17, 15) is 4.79 Å². The smallest absolute Gasteiger partial charge is 0.263 e. The molecular formula is C17H20ClN3OS. The summed E-state index contributed by atoms with van der Waals surface area (Å²) in [5.74, 6) is -0.0523. The van der Waals surface area contributed by atoms with Gasteiger partial charge in [-0.25, -0.2) is 0 Å². The Morgan fingerprint density at radius 2 is 2.00 bits per heavy atom. The summed E-state index contributed by atoms with van der Waals surface area (Å²) in [6.45, 7) is 2.74. The van der Waals surface area contributed by atoms with Crippen LogP contribution >= 0.6 is 22.9 Å². The van der Waals surface area contributed by atoms with Gasteiger partial charge in [0.2, 0.25) is 0 Å². The molecular weight excluding hydrogens is 330 g/mol. The van der Waals surface area contributed by atoms with Gasteiger partial charge in [-0.15, -0.1) is 11.3 Å². The molecule has 0 aliphatic carbocycles. The van der Waals surface area contributed by atoms with Crippen molar-refractivity contribution in [1.82, 2.24) is 15.2 Å². The van der Waals surface area contributed by atoms with Crippen LogP contribution < -0.4 is 5.32 Å². The van der Waals surface area contributed by atoms with Gasteiger partial charge in [0.15, 0.2) is 0 Å². The van der Waals surface area contributed by atoms with Crippen molar-refractivity contribution in [3.63, 3.8) is 0 Å². The first-order valence-corrected chi connectivity index (χ1v) is 9.16. The van der Waals surface area contributed by atoms with Crippen molar-refractivity contribution in [2.45, 2.75) is 25.3 Å². The van der Waals surface area contributed by atoms with E-state index in [0.29, 0.717) is 11.4 Å². The van der Waals surface area contributed by atoms with Gasteiger partial charge >= 0.3 is 0 Å². The molecule has 1 aliphatic rings.